The van der Waals surface area contributed by atoms with Gasteiger partial charge in [-0.3, -0.25) is 4.79 Å². The highest BCUT2D eigenvalue weighted by molar-refractivity contribution is 7.09. The number of amides is 1. The Morgan fingerprint density at radius 3 is 2.61 bits per heavy atom. The molecule has 0 saturated heterocycles. The second-order valence-corrected chi connectivity index (χ2v) is 6.15. The van der Waals surface area contributed by atoms with Gasteiger partial charge in [-0.15, -0.1) is 11.3 Å². The summed E-state index contributed by atoms with van der Waals surface area (Å²) >= 11 is 1.62. The lowest BCUT2D eigenvalue weighted by atomic mass is 10.1. The summed E-state index contributed by atoms with van der Waals surface area (Å²) in [6.07, 6.45) is 1.49. The van der Waals surface area contributed by atoms with Crippen molar-refractivity contribution in [2.24, 2.45) is 0 Å². The Labute approximate surface area is 138 Å². The first-order chi connectivity index (χ1) is 11.0. The molecule has 1 amide bonds. The van der Waals surface area contributed by atoms with Crippen molar-refractivity contribution >= 4 is 23.2 Å². The second kappa shape index (κ2) is 7.87. The third-order valence-corrected chi connectivity index (χ3v) is 4.37. The minimum absolute atomic E-state index is 0.0883. The lowest BCUT2D eigenvalue weighted by Gasteiger charge is -2.22. The predicted octanol–water partition coefficient (Wildman–Crippen LogP) is 3.68. The summed E-state index contributed by atoms with van der Waals surface area (Å²) in [5.41, 5.74) is -0.255. The van der Waals surface area contributed by atoms with Gasteiger partial charge in [0.2, 0.25) is 0 Å². The maximum atomic E-state index is 14.1. The third kappa shape index (κ3) is 4.39. The van der Waals surface area contributed by atoms with Crippen molar-refractivity contribution in [3.05, 3.63) is 57.5 Å². The first-order valence-corrected chi connectivity index (χ1v) is 8.25. The highest BCUT2D eigenvalue weighted by Crippen LogP contribution is 2.15. The molecule has 2 rings (SSSR count). The van der Waals surface area contributed by atoms with Crippen molar-refractivity contribution in [2.75, 3.05) is 13.1 Å². The molecule has 0 spiro atoms. The van der Waals surface area contributed by atoms with Crippen molar-refractivity contribution in [2.45, 2.75) is 19.8 Å². The van der Waals surface area contributed by atoms with Crippen LogP contribution in [0.15, 0.2) is 35.7 Å². The number of rotatable bonds is 7. The van der Waals surface area contributed by atoms with Gasteiger partial charge in [0, 0.05) is 18.0 Å². The van der Waals surface area contributed by atoms with Gasteiger partial charge >= 0.3 is 5.97 Å². The van der Waals surface area contributed by atoms with E-state index in [4.69, 9.17) is 5.11 Å². The number of benzene rings is 1. The highest BCUT2D eigenvalue weighted by atomic mass is 32.1. The molecule has 0 radical (unpaired) electrons. The highest BCUT2D eigenvalue weighted by Gasteiger charge is 2.20. The van der Waals surface area contributed by atoms with E-state index in [2.05, 4.69) is 0 Å². The smallest absolute Gasteiger partial charge is 0.335 e. The van der Waals surface area contributed by atoms with Gasteiger partial charge in [0.05, 0.1) is 11.1 Å². The molecule has 0 bridgehead atoms. The molecule has 0 fully saturated rings. The summed E-state index contributed by atoms with van der Waals surface area (Å²) < 4.78 is 14.1. The fourth-order valence-electron chi connectivity index (χ4n) is 2.28. The van der Waals surface area contributed by atoms with Crippen molar-refractivity contribution in [3.8, 4) is 0 Å². The van der Waals surface area contributed by atoms with E-state index in [0.717, 1.165) is 18.9 Å². The first kappa shape index (κ1) is 17.1. The third-order valence-electron chi connectivity index (χ3n) is 3.44. The van der Waals surface area contributed by atoms with Crippen molar-refractivity contribution in [1.82, 2.24) is 4.90 Å². The summed E-state index contributed by atoms with van der Waals surface area (Å²) in [6.45, 7) is 2.99. The van der Waals surface area contributed by atoms with Crippen LogP contribution in [0.5, 0.6) is 0 Å². The summed E-state index contributed by atoms with van der Waals surface area (Å²) in [6, 6.07) is 7.34. The summed E-state index contributed by atoms with van der Waals surface area (Å²) in [4.78, 5) is 26.2. The molecule has 1 aromatic carbocycles. The quantitative estimate of drug-likeness (QED) is 0.840. The van der Waals surface area contributed by atoms with Gasteiger partial charge in [-0.1, -0.05) is 13.0 Å². The first-order valence-electron chi connectivity index (χ1n) is 7.37. The Balaban J connectivity index is 2.15. The molecule has 0 unspecified atom stereocenters. The van der Waals surface area contributed by atoms with E-state index in [9.17, 15) is 14.0 Å². The minimum atomic E-state index is -1.22. The normalized spacial score (nSPS) is 10.5. The van der Waals surface area contributed by atoms with E-state index in [1.165, 1.54) is 17.0 Å². The van der Waals surface area contributed by atoms with Gasteiger partial charge in [0.25, 0.3) is 5.91 Å². The molecule has 0 aliphatic rings. The predicted molar refractivity (Wildman–Crippen MR) is 87.6 cm³/mol. The molecule has 1 N–H and O–H groups in total. The lowest BCUT2D eigenvalue weighted by Crippen LogP contribution is -2.34. The summed E-state index contributed by atoms with van der Waals surface area (Å²) in [5.74, 6) is -2.42. The minimum Gasteiger partial charge on any atom is -0.478 e. The molecule has 0 atom stereocenters. The summed E-state index contributed by atoms with van der Waals surface area (Å²) in [7, 11) is 0. The van der Waals surface area contributed by atoms with E-state index in [1.807, 2.05) is 24.4 Å². The molecule has 1 aromatic heterocycles. The number of aromatic carboxylic acids is 1. The monoisotopic (exact) mass is 335 g/mol. The van der Waals surface area contributed by atoms with Gasteiger partial charge < -0.3 is 10.0 Å². The number of carbonyl (C=O) groups excluding carboxylic acids is 1. The van der Waals surface area contributed by atoms with Crippen LogP contribution in [0.2, 0.25) is 0 Å². The van der Waals surface area contributed by atoms with Crippen LogP contribution in [0.25, 0.3) is 0 Å². The number of carboxylic acids is 1. The molecule has 6 heteroatoms. The molecule has 0 aliphatic heterocycles. The second-order valence-electron chi connectivity index (χ2n) is 5.12. The van der Waals surface area contributed by atoms with Crippen LogP contribution in [0.3, 0.4) is 0 Å². The van der Waals surface area contributed by atoms with Crippen LogP contribution in [0.1, 0.15) is 38.9 Å². The Kier molecular flexibility index (Phi) is 5.87. The molecule has 4 nitrogen and oxygen atoms in total. The SMILES string of the molecule is CCCN(CCc1cccs1)C(=O)c1ccc(C(=O)O)cc1F. The molecule has 0 aliphatic carbocycles. The lowest BCUT2D eigenvalue weighted by molar-refractivity contribution is 0.0692. The van der Waals surface area contributed by atoms with Crippen LogP contribution in [-0.4, -0.2) is 35.0 Å². The average Bonchev–Trinajstić information content (AvgIpc) is 3.04. The zero-order valence-electron chi connectivity index (χ0n) is 12.8. The number of hydrogen-bond acceptors (Lipinski definition) is 3. The van der Waals surface area contributed by atoms with Crippen molar-refractivity contribution in [3.63, 3.8) is 0 Å². The number of carbonyl (C=O) groups is 2. The largest absolute Gasteiger partial charge is 0.478 e. The number of halogens is 1. The molecule has 2 aromatic rings. The molecular weight excluding hydrogens is 317 g/mol. The molecular formula is C17H18FNO3S. The van der Waals surface area contributed by atoms with Crippen LogP contribution in [-0.2, 0) is 6.42 Å². The topological polar surface area (TPSA) is 57.6 Å². The van der Waals surface area contributed by atoms with E-state index in [0.29, 0.717) is 13.1 Å². The molecule has 0 saturated carbocycles. The van der Waals surface area contributed by atoms with Crippen LogP contribution < -0.4 is 0 Å². The fourth-order valence-corrected chi connectivity index (χ4v) is 2.97. The standard InChI is InChI=1S/C17H18FNO3S/c1-2-8-19(9-7-13-4-3-10-23-13)16(20)14-6-5-12(17(21)22)11-15(14)18/h3-6,10-11H,2,7-9H2,1H3,(H,21,22). The van der Waals surface area contributed by atoms with Crippen molar-refractivity contribution < 1.29 is 19.1 Å². The van der Waals surface area contributed by atoms with E-state index in [1.54, 1.807) is 16.2 Å². The Morgan fingerprint density at radius 2 is 2.04 bits per heavy atom. The van der Waals surface area contributed by atoms with Crippen LogP contribution >= 0.6 is 11.3 Å². The summed E-state index contributed by atoms with van der Waals surface area (Å²) in [5, 5.41) is 10.8. The number of nitrogens with zero attached hydrogens (tertiary/aromatic N) is 1. The fraction of sp³-hybridized carbons (Fsp3) is 0.294. The van der Waals surface area contributed by atoms with E-state index >= 15 is 0 Å². The molecule has 1 heterocycles. The maximum Gasteiger partial charge on any atom is 0.335 e. The van der Waals surface area contributed by atoms with Gasteiger partial charge in [0.1, 0.15) is 5.82 Å². The van der Waals surface area contributed by atoms with Crippen LogP contribution in [0.4, 0.5) is 4.39 Å². The van der Waals surface area contributed by atoms with Gasteiger partial charge in [-0.25, -0.2) is 9.18 Å². The Hall–Kier alpha value is -2.21. The van der Waals surface area contributed by atoms with Crippen LogP contribution in [0, 0.1) is 5.82 Å². The number of hydrogen-bond donors (Lipinski definition) is 1. The number of thiophene rings is 1. The van der Waals surface area contributed by atoms with Gasteiger partial charge in [0.15, 0.2) is 0 Å². The van der Waals surface area contributed by atoms with Gasteiger partial charge in [-0.2, -0.15) is 0 Å². The Bertz CT molecular complexity index is 685. The van der Waals surface area contributed by atoms with Crippen molar-refractivity contribution in [1.29, 1.82) is 0 Å². The average molecular weight is 335 g/mol. The van der Waals surface area contributed by atoms with E-state index < -0.39 is 17.7 Å². The number of carboxylic acid groups (broad SMARTS) is 1. The van der Waals surface area contributed by atoms with E-state index in [-0.39, 0.29) is 11.1 Å². The Morgan fingerprint density at radius 1 is 1.26 bits per heavy atom. The molecule has 23 heavy (non-hydrogen) atoms. The molecule has 122 valence electrons. The maximum absolute atomic E-state index is 14.1. The zero-order valence-corrected chi connectivity index (χ0v) is 13.6. The van der Waals surface area contributed by atoms with Gasteiger partial charge in [-0.05, 0) is 42.5 Å². The zero-order chi connectivity index (χ0) is 16.8.